The van der Waals surface area contributed by atoms with Gasteiger partial charge >= 0.3 is 0 Å². The predicted molar refractivity (Wildman–Crippen MR) is 40.6 cm³/mol. The summed E-state index contributed by atoms with van der Waals surface area (Å²) in [7, 11) is 0. The molecular weight excluding hydrogens is 131 g/mol. The Morgan fingerprint density at radius 2 is 2.30 bits per heavy atom. The van der Waals surface area contributed by atoms with Gasteiger partial charge in [-0.1, -0.05) is 24.3 Å². The number of aliphatic hydroxyl groups excluding tert-OH is 1. The minimum absolute atomic E-state index is 0.266. The number of alkyl halides is 1. The zero-order chi connectivity index (χ0) is 7.98. The first-order chi connectivity index (χ1) is 4.66. The molecule has 0 aliphatic rings. The highest BCUT2D eigenvalue weighted by molar-refractivity contribution is 5.18. The molecule has 0 aliphatic carbocycles. The Labute approximate surface area is 60.2 Å². The Hall–Kier alpha value is -1.05. The van der Waals surface area contributed by atoms with Crippen molar-refractivity contribution in [2.75, 3.05) is 6.67 Å². The van der Waals surface area contributed by atoms with Gasteiger partial charge in [-0.05, 0) is 13.0 Å². The molecule has 0 atom stereocenters. The average Bonchev–Trinajstić information content (AvgIpc) is 1.87. The molecular formula is C8H11FO. The van der Waals surface area contributed by atoms with Crippen LogP contribution in [0.4, 0.5) is 4.39 Å². The second-order valence-electron chi connectivity index (χ2n) is 2.00. The van der Waals surface area contributed by atoms with Crippen LogP contribution in [0.15, 0.2) is 36.1 Å². The van der Waals surface area contributed by atoms with Crippen LogP contribution in [-0.2, 0) is 0 Å². The number of halogens is 1. The van der Waals surface area contributed by atoms with Crippen molar-refractivity contribution in [3.05, 3.63) is 36.1 Å². The van der Waals surface area contributed by atoms with Crippen LogP contribution in [0.3, 0.4) is 0 Å². The van der Waals surface area contributed by atoms with Crippen LogP contribution in [0, 0.1) is 0 Å². The Bertz CT molecular complexity index is 168. The smallest absolute Gasteiger partial charge is 0.146 e. The van der Waals surface area contributed by atoms with Gasteiger partial charge in [0, 0.05) is 0 Å². The summed E-state index contributed by atoms with van der Waals surface area (Å²) in [6.45, 7) is 4.58. The molecule has 0 fully saturated rings. The van der Waals surface area contributed by atoms with Crippen molar-refractivity contribution < 1.29 is 9.50 Å². The van der Waals surface area contributed by atoms with E-state index >= 15 is 0 Å². The molecule has 0 spiro atoms. The largest absolute Gasteiger partial charge is 0.510 e. The molecule has 0 aliphatic heterocycles. The number of hydrogen-bond donors (Lipinski definition) is 1. The third kappa shape index (κ3) is 5.09. The third-order valence-electron chi connectivity index (χ3n) is 0.806. The van der Waals surface area contributed by atoms with E-state index in [1.165, 1.54) is 6.08 Å². The van der Waals surface area contributed by atoms with Crippen molar-refractivity contribution in [1.29, 1.82) is 0 Å². The van der Waals surface area contributed by atoms with Crippen LogP contribution in [0.1, 0.15) is 6.92 Å². The average molecular weight is 142 g/mol. The van der Waals surface area contributed by atoms with Gasteiger partial charge in [-0.15, -0.1) is 0 Å². The van der Waals surface area contributed by atoms with Gasteiger partial charge in [0.2, 0.25) is 0 Å². The molecule has 0 aromatic heterocycles. The zero-order valence-corrected chi connectivity index (χ0v) is 5.97. The van der Waals surface area contributed by atoms with Crippen molar-refractivity contribution in [2.24, 2.45) is 0 Å². The Balaban J connectivity index is 3.82. The first kappa shape index (κ1) is 8.95. The van der Waals surface area contributed by atoms with Crippen molar-refractivity contribution in [3.8, 4) is 0 Å². The fourth-order valence-electron chi connectivity index (χ4n) is 0.368. The van der Waals surface area contributed by atoms with E-state index in [1.807, 2.05) is 6.92 Å². The molecule has 0 heterocycles. The molecule has 0 rings (SSSR count). The molecule has 10 heavy (non-hydrogen) atoms. The molecule has 1 nitrogen and oxygen atoms in total. The normalized spacial score (nSPS) is 12.4. The molecule has 2 heteroatoms. The SMILES string of the molecule is C=C(C)/C=C\C=C(\O)CF. The molecule has 0 aromatic carbocycles. The Morgan fingerprint density at radius 3 is 2.70 bits per heavy atom. The summed E-state index contributed by atoms with van der Waals surface area (Å²) in [6.07, 6.45) is 4.54. The minimum atomic E-state index is -0.819. The van der Waals surface area contributed by atoms with Crippen LogP contribution >= 0.6 is 0 Å². The van der Waals surface area contributed by atoms with Crippen LogP contribution in [0.2, 0.25) is 0 Å². The first-order valence-electron chi connectivity index (χ1n) is 2.94. The number of allylic oxidation sites excluding steroid dienone is 5. The number of rotatable bonds is 3. The Kier molecular flexibility index (Phi) is 4.29. The quantitative estimate of drug-likeness (QED) is 0.474. The van der Waals surface area contributed by atoms with Crippen LogP contribution in [0.25, 0.3) is 0 Å². The standard InChI is InChI=1S/C8H11FO/c1-7(2)4-3-5-8(10)6-9/h3-5,10H,1,6H2,2H3/b4-3-,8-5+. The molecule has 0 unspecified atom stereocenters. The van der Waals surface area contributed by atoms with Gasteiger partial charge < -0.3 is 5.11 Å². The van der Waals surface area contributed by atoms with E-state index in [-0.39, 0.29) is 5.76 Å². The highest BCUT2D eigenvalue weighted by atomic mass is 19.1. The fraction of sp³-hybridized carbons (Fsp3) is 0.250. The zero-order valence-electron chi connectivity index (χ0n) is 5.97. The van der Waals surface area contributed by atoms with Gasteiger partial charge in [0.05, 0.1) is 0 Å². The van der Waals surface area contributed by atoms with Gasteiger partial charge in [-0.2, -0.15) is 0 Å². The molecule has 0 saturated heterocycles. The molecule has 0 radical (unpaired) electrons. The molecule has 1 N–H and O–H groups in total. The summed E-state index contributed by atoms with van der Waals surface area (Å²) in [5.74, 6) is -0.266. The van der Waals surface area contributed by atoms with Gasteiger partial charge in [-0.25, -0.2) is 4.39 Å². The van der Waals surface area contributed by atoms with Crippen molar-refractivity contribution >= 4 is 0 Å². The van der Waals surface area contributed by atoms with Gasteiger partial charge in [0.15, 0.2) is 0 Å². The molecule has 0 bridgehead atoms. The van der Waals surface area contributed by atoms with Gasteiger partial charge in [-0.3, -0.25) is 0 Å². The summed E-state index contributed by atoms with van der Waals surface area (Å²) < 4.78 is 11.5. The third-order valence-corrected chi connectivity index (χ3v) is 0.806. The van der Waals surface area contributed by atoms with Crippen LogP contribution in [-0.4, -0.2) is 11.8 Å². The second kappa shape index (κ2) is 4.79. The highest BCUT2D eigenvalue weighted by Gasteiger charge is 1.83. The van der Waals surface area contributed by atoms with E-state index < -0.39 is 6.67 Å². The molecule has 0 amide bonds. The van der Waals surface area contributed by atoms with E-state index in [0.29, 0.717) is 0 Å². The van der Waals surface area contributed by atoms with E-state index in [9.17, 15) is 4.39 Å². The number of hydrogen-bond acceptors (Lipinski definition) is 1. The summed E-state index contributed by atoms with van der Waals surface area (Å²) in [4.78, 5) is 0. The summed E-state index contributed by atoms with van der Waals surface area (Å²) in [5, 5.41) is 8.58. The van der Waals surface area contributed by atoms with Gasteiger partial charge in [0.25, 0.3) is 0 Å². The maximum atomic E-state index is 11.5. The van der Waals surface area contributed by atoms with E-state index in [2.05, 4.69) is 6.58 Å². The van der Waals surface area contributed by atoms with E-state index in [1.54, 1.807) is 12.2 Å². The monoisotopic (exact) mass is 142 g/mol. The molecule has 56 valence electrons. The van der Waals surface area contributed by atoms with E-state index in [0.717, 1.165) is 5.57 Å². The first-order valence-corrected chi connectivity index (χ1v) is 2.94. The summed E-state index contributed by atoms with van der Waals surface area (Å²) in [5.41, 5.74) is 0.864. The lowest BCUT2D eigenvalue weighted by Gasteiger charge is -1.86. The second-order valence-corrected chi connectivity index (χ2v) is 2.00. The highest BCUT2D eigenvalue weighted by Crippen LogP contribution is 1.93. The maximum absolute atomic E-state index is 11.5. The summed E-state index contributed by atoms with van der Waals surface area (Å²) in [6, 6.07) is 0. The van der Waals surface area contributed by atoms with E-state index in [4.69, 9.17) is 5.11 Å². The number of aliphatic hydroxyl groups is 1. The van der Waals surface area contributed by atoms with Crippen LogP contribution in [0.5, 0.6) is 0 Å². The van der Waals surface area contributed by atoms with Crippen molar-refractivity contribution in [1.82, 2.24) is 0 Å². The Morgan fingerprint density at radius 1 is 1.70 bits per heavy atom. The van der Waals surface area contributed by atoms with Crippen molar-refractivity contribution in [3.63, 3.8) is 0 Å². The predicted octanol–water partition coefficient (Wildman–Crippen LogP) is 2.53. The molecule has 0 aromatic rings. The van der Waals surface area contributed by atoms with Gasteiger partial charge in [0.1, 0.15) is 12.4 Å². The summed E-state index contributed by atoms with van der Waals surface area (Å²) >= 11 is 0. The van der Waals surface area contributed by atoms with Crippen LogP contribution < -0.4 is 0 Å². The maximum Gasteiger partial charge on any atom is 0.146 e. The molecule has 0 saturated carbocycles. The fourth-order valence-corrected chi connectivity index (χ4v) is 0.368. The lowest BCUT2D eigenvalue weighted by Crippen LogP contribution is -1.79. The topological polar surface area (TPSA) is 20.2 Å². The minimum Gasteiger partial charge on any atom is -0.510 e. The lowest BCUT2D eigenvalue weighted by molar-refractivity contribution is 0.344. The lowest BCUT2D eigenvalue weighted by atomic mass is 10.3. The van der Waals surface area contributed by atoms with Crippen molar-refractivity contribution in [2.45, 2.75) is 6.92 Å².